The smallest absolute Gasteiger partial charge is 0.165 e. The molecule has 0 saturated carbocycles. The van der Waals surface area contributed by atoms with Gasteiger partial charge in [-0.15, -0.1) is 0 Å². The molecule has 0 spiro atoms. The Morgan fingerprint density at radius 1 is 1.14 bits per heavy atom. The molecule has 0 amide bonds. The fourth-order valence-electron chi connectivity index (χ4n) is 2.45. The van der Waals surface area contributed by atoms with Crippen molar-refractivity contribution in [2.45, 2.75) is 0 Å². The van der Waals surface area contributed by atoms with Crippen LogP contribution >= 0.6 is 22.6 Å². The summed E-state index contributed by atoms with van der Waals surface area (Å²) in [6.45, 7) is 0. The predicted molar refractivity (Wildman–Crippen MR) is 90.5 cm³/mol. The number of hydrogen-bond acceptors (Lipinski definition) is 3. The molecule has 0 aliphatic rings. The number of benzene rings is 2. The summed E-state index contributed by atoms with van der Waals surface area (Å²) in [4.78, 5) is 9.31. The quantitative estimate of drug-likeness (QED) is 0.513. The van der Waals surface area contributed by atoms with E-state index < -0.39 is 0 Å². The Bertz CT molecular complexity index is 909. The van der Waals surface area contributed by atoms with Crippen LogP contribution in [0.3, 0.4) is 0 Å². The number of ether oxygens (including phenoxy) is 1. The van der Waals surface area contributed by atoms with Crippen molar-refractivity contribution in [1.29, 1.82) is 0 Å². The molecule has 2 heterocycles. The van der Waals surface area contributed by atoms with Crippen molar-refractivity contribution in [3.05, 3.63) is 40.1 Å². The van der Waals surface area contributed by atoms with Crippen molar-refractivity contribution < 1.29 is 4.74 Å². The molecule has 2 aromatic heterocycles. The van der Waals surface area contributed by atoms with Gasteiger partial charge in [0.05, 0.1) is 29.2 Å². The third-order valence-electron chi connectivity index (χ3n) is 3.45. The second-order valence-electron chi connectivity index (χ2n) is 4.71. The monoisotopic (exact) mass is 390 g/mol. The number of nitrogens with one attached hydrogen (secondary N) is 2. The summed E-state index contributed by atoms with van der Waals surface area (Å²) in [7, 11) is 1.66. The Kier molecular flexibility index (Phi) is 2.85. The van der Waals surface area contributed by atoms with E-state index >= 15 is 0 Å². The van der Waals surface area contributed by atoms with Gasteiger partial charge in [-0.05, 0) is 46.9 Å². The number of imidazole rings is 1. The first-order valence-corrected chi connectivity index (χ1v) is 7.50. The topological polar surface area (TPSA) is 66.6 Å². The van der Waals surface area contributed by atoms with Gasteiger partial charge in [0.1, 0.15) is 5.75 Å². The molecule has 0 saturated heterocycles. The number of rotatable bonds is 2. The molecule has 0 aliphatic heterocycles. The van der Waals surface area contributed by atoms with Gasteiger partial charge in [-0.25, -0.2) is 9.97 Å². The van der Waals surface area contributed by atoms with Crippen LogP contribution in [0.1, 0.15) is 0 Å². The lowest BCUT2D eigenvalue weighted by molar-refractivity contribution is 0.416. The minimum atomic E-state index is 0.698. The molecule has 2 aromatic carbocycles. The van der Waals surface area contributed by atoms with Crippen LogP contribution in [-0.2, 0) is 0 Å². The minimum absolute atomic E-state index is 0.698. The highest BCUT2D eigenvalue weighted by molar-refractivity contribution is 14.1. The lowest BCUT2D eigenvalue weighted by Gasteiger charge is -2.07. The zero-order chi connectivity index (χ0) is 14.4. The van der Waals surface area contributed by atoms with Gasteiger partial charge in [0.25, 0.3) is 0 Å². The van der Waals surface area contributed by atoms with Crippen molar-refractivity contribution >= 4 is 44.5 Å². The number of fused-ring (bicyclic) bond motifs is 2. The molecule has 0 bridgehead atoms. The highest BCUT2D eigenvalue weighted by Gasteiger charge is 2.15. The number of methoxy groups -OCH3 is 1. The molecule has 4 aromatic rings. The summed E-state index contributed by atoms with van der Waals surface area (Å²) in [5, 5.41) is 7.14. The largest absolute Gasteiger partial charge is 0.496 e. The number of H-pyrrole nitrogens is 2. The van der Waals surface area contributed by atoms with Gasteiger partial charge in [-0.3, -0.25) is 0 Å². The van der Waals surface area contributed by atoms with Crippen LogP contribution in [-0.4, -0.2) is 27.3 Å². The third kappa shape index (κ3) is 1.98. The van der Waals surface area contributed by atoms with Crippen molar-refractivity contribution in [1.82, 2.24) is 20.2 Å². The van der Waals surface area contributed by atoms with E-state index in [1.807, 2.05) is 36.5 Å². The van der Waals surface area contributed by atoms with Gasteiger partial charge in [-0.2, -0.15) is 0 Å². The number of hydrogen-bond donors (Lipinski definition) is 2. The van der Waals surface area contributed by atoms with Crippen molar-refractivity contribution in [3.8, 4) is 17.1 Å². The van der Waals surface area contributed by atoms with Gasteiger partial charge in [0, 0.05) is 15.2 Å². The molecule has 0 radical (unpaired) electrons. The maximum atomic E-state index is 5.44. The first kappa shape index (κ1) is 12.6. The number of aromatic nitrogens is 4. The van der Waals surface area contributed by atoms with E-state index in [1.54, 1.807) is 7.11 Å². The van der Waals surface area contributed by atoms with Crippen LogP contribution in [0, 0.1) is 3.57 Å². The second kappa shape index (κ2) is 4.73. The van der Waals surface area contributed by atoms with Crippen molar-refractivity contribution in [2.75, 3.05) is 7.11 Å². The molecule has 0 atom stereocenters. The summed E-state index contributed by atoms with van der Waals surface area (Å²) in [6.07, 6.45) is 1.91. The Morgan fingerprint density at radius 2 is 1.95 bits per heavy atom. The van der Waals surface area contributed by atoms with E-state index in [-0.39, 0.29) is 0 Å². The van der Waals surface area contributed by atoms with Crippen molar-refractivity contribution in [3.63, 3.8) is 0 Å². The normalized spacial score (nSPS) is 11.3. The summed E-state index contributed by atoms with van der Waals surface area (Å²) in [5.41, 5.74) is 3.71. The Labute approximate surface area is 133 Å². The maximum Gasteiger partial charge on any atom is 0.165 e. The molecule has 0 fully saturated rings. The zero-order valence-corrected chi connectivity index (χ0v) is 13.3. The molecule has 104 valence electrons. The highest BCUT2D eigenvalue weighted by atomic mass is 127. The van der Waals surface area contributed by atoms with Gasteiger partial charge in [0.15, 0.2) is 5.82 Å². The molecule has 0 aliphatic carbocycles. The van der Waals surface area contributed by atoms with Crippen LogP contribution in [0.2, 0.25) is 0 Å². The molecule has 4 rings (SSSR count). The van der Waals surface area contributed by atoms with E-state index in [0.717, 1.165) is 36.8 Å². The Morgan fingerprint density at radius 3 is 2.76 bits per heavy atom. The molecule has 21 heavy (non-hydrogen) atoms. The number of aromatic amines is 2. The summed E-state index contributed by atoms with van der Waals surface area (Å²) in [6, 6.07) is 9.94. The third-order valence-corrected chi connectivity index (χ3v) is 4.35. The average Bonchev–Trinajstić information content (AvgIpc) is 3.09. The molecular weight excluding hydrogens is 379 g/mol. The average molecular weight is 390 g/mol. The lowest BCUT2D eigenvalue weighted by Crippen LogP contribution is -1.91. The van der Waals surface area contributed by atoms with Crippen LogP contribution in [0.25, 0.3) is 33.3 Å². The predicted octanol–water partition coefficient (Wildman–Crippen LogP) is 3.72. The zero-order valence-electron chi connectivity index (χ0n) is 11.1. The van der Waals surface area contributed by atoms with Crippen LogP contribution in [0.15, 0.2) is 36.5 Å². The van der Waals surface area contributed by atoms with E-state index in [0.29, 0.717) is 5.82 Å². The lowest BCUT2D eigenvalue weighted by atomic mass is 10.2. The van der Waals surface area contributed by atoms with Gasteiger partial charge >= 0.3 is 0 Å². The molecular formula is C15H11IN4O. The number of halogens is 1. The van der Waals surface area contributed by atoms with Crippen LogP contribution in [0.5, 0.6) is 5.75 Å². The van der Waals surface area contributed by atoms with Gasteiger partial charge in [0.2, 0.25) is 0 Å². The summed E-state index contributed by atoms with van der Waals surface area (Å²) < 4.78 is 6.51. The fourth-order valence-corrected chi connectivity index (χ4v) is 3.16. The maximum absolute atomic E-state index is 5.44. The Balaban J connectivity index is 1.98. The van der Waals surface area contributed by atoms with Gasteiger partial charge in [-0.1, -0.05) is 6.07 Å². The highest BCUT2D eigenvalue weighted by Crippen LogP contribution is 2.34. The van der Waals surface area contributed by atoms with E-state index in [4.69, 9.17) is 4.74 Å². The first-order valence-electron chi connectivity index (χ1n) is 6.42. The van der Waals surface area contributed by atoms with Crippen LogP contribution in [0.4, 0.5) is 0 Å². The van der Waals surface area contributed by atoms with E-state index in [9.17, 15) is 0 Å². The Hall–Kier alpha value is -2.09. The second-order valence-corrected chi connectivity index (χ2v) is 5.87. The molecule has 6 heteroatoms. The first-order chi connectivity index (χ1) is 10.3. The van der Waals surface area contributed by atoms with E-state index in [2.05, 4.69) is 42.8 Å². The van der Waals surface area contributed by atoms with Gasteiger partial charge < -0.3 is 14.9 Å². The fraction of sp³-hybridized carbons (Fsp3) is 0.0667. The van der Waals surface area contributed by atoms with Crippen LogP contribution < -0.4 is 4.74 Å². The van der Waals surface area contributed by atoms with Crippen molar-refractivity contribution in [2.24, 2.45) is 0 Å². The van der Waals surface area contributed by atoms with E-state index in [1.165, 1.54) is 0 Å². The molecule has 5 nitrogen and oxygen atoms in total. The summed E-state index contributed by atoms with van der Waals surface area (Å²) in [5.74, 6) is 1.49. The SMILES string of the molecule is COc1cccc(I)c1-c1nc2cc3c[nH][nH]c3cc2n1. The number of nitrogens with zero attached hydrogens (tertiary/aromatic N) is 2. The standard InChI is InChI=1S/C15H11IN4O/c1-21-13-4-2-3-9(16)14(13)15-18-11-5-8-7-17-20-10(8)6-12(11)19-15/h2-7,17,20H,1H3. The molecule has 0 unspecified atom stereocenters. The summed E-state index contributed by atoms with van der Waals surface area (Å²) >= 11 is 2.28. The molecule has 2 N–H and O–H groups in total. The minimum Gasteiger partial charge on any atom is -0.496 e.